The molecule has 0 spiro atoms. The maximum absolute atomic E-state index is 12.9. The Labute approximate surface area is 224 Å². The normalized spacial score (nSPS) is 12.1. The number of aliphatic hydroxyl groups is 1. The number of nitrogens with one attached hydrogen (secondary N) is 2. The van der Waals surface area contributed by atoms with Gasteiger partial charge in [0.25, 0.3) is 0 Å². The summed E-state index contributed by atoms with van der Waals surface area (Å²) in [4.78, 5) is 25.6. The molecule has 3 aromatic carbocycles. The van der Waals surface area contributed by atoms with Crippen LogP contribution in [0.2, 0.25) is 0 Å². The van der Waals surface area contributed by atoms with Crippen LogP contribution >= 0.6 is 15.9 Å². The first kappa shape index (κ1) is 27.8. The molecule has 37 heavy (non-hydrogen) atoms. The van der Waals surface area contributed by atoms with Gasteiger partial charge in [-0.3, -0.25) is 10.1 Å². The molecule has 0 fully saturated rings. The van der Waals surface area contributed by atoms with Crippen molar-refractivity contribution in [1.29, 1.82) is 0 Å². The second kappa shape index (κ2) is 12.9. The molecule has 0 unspecified atom stereocenters. The van der Waals surface area contributed by atoms with Crippen LogP contribution in [0.15, 0.2) is 89.4 Å². The van der Waals surface area contributed by atoms with E-state index in [0.717, 1.165) is 4.47 Å². The first-order valence-corrected chi connectivity index (χ1v) is 12.4. The molecule has 2 amide bonds. The Morgan fingerprint density at radius 3 is 2.41 bits per heavy atom. The van der Waals surface area contributed by atoms with Crippen molar-refractivity contribution in [3.8, 4) is 5.75 Å². The molecule has 1 atom stereocenters. The summed E-state index contributed by atoms with van der Waals surface area (Å²) in [7, 11) is 0. The maximum Gasteiger partial charge on any atom is 0.412 e. The number of carbonyl (C=O) groups is 2. The van der Waals surface area contributed by atoms with Crippen molar-refractivity contribution in [3.05, 3.63) is 95.0 Å². The van der Waals surface area contributed by atoms with Crippen molar-refractivity contribution >= 4 is 45.0 Å². The van der Waals surface area contributed by atoms with E-state index in [4.69, 9.17) is 15.2 Å². The summed E-state index contributed by atoms with van der Waals surface area (Å²) in [5.41, 5.74) is 7.16. The lowest BCUT2D eigenvalue weighted by atomic mass is 9.81. The molecule has 3 aromatic rings. The number of aliphatic hydroxyl groups excluding tert-OH is 1. The van der Waals surface area contributed by atoms with Crippen molar-refractivity contribution in [2.24, 2.45) is 5.41 Å². The Morgan fingerprint density at radius 2 is 1.70 bits per heavy atom. The van der Waals surface area contributed by atoms with Gasteiger partial charge in [-0.15, -0.1) is 0 Å². The van der Waals surface area contributed by atoms with Crippen LogP contribution in [0.5, 0.6) is 5.75 Å². The number of nitrogens with two attached hydrogens (primary N) is 1. The van der Waals surface area contributed by atoms with Gasteiger partial charge in [0.05, 0.1) is 18.0 Å². The third kappa shape index (κ3) is 8.09. The smallest absolute Gasteiger partial charge is 0.412 e. The SMILES string of the molecule is CC(C)(/C=C/C(=O)Nc1ccccc1N)[C@@H](OC(=O)Nc1ccc(Br)cc1)c1ccccc1OCCO. The number of ether oxygens (including phenoxy) is 2. The lowest BCUT2D eigenvalue weighted by molar-refractivity contribution is -0.112. The minimum absolute atomic E-state index is 0.0754. The van der Waals surface area contributed by atoms with Gasteiger partial charge in [-0.05, 0) is 48.5 Å². The minimum Gasteiger partial charge on any atom is -0.491 e. The summed E-state index contributed by atoms with van der Waals surface area (Å²) in [6.07, 6.45) is 1.53. The van der Waals surface area contributed by atoms with E-state index in [1.165, 1.54) is 6.08 Å². The number of carbonyl (C=O) groups excluding carboxylic acids is 2. The summed E-state index contributed by atoms with van der Waals surface area (Å²) < 4.78 is 12.5. The van der Waals surface area contributed by atoms with Gasteiger partial charge in [0, 0.05) is 21.1 Å². The molecular weight excluding hydrogens is 538 g/mol. The van der Waals surface area contributed by atoms with Crippen LogP contribution in [0.4, 0.5) is 21.9 Å². The van der Waals surface area contributed by atoms with Crippen molar-refractivity contribution in [1.82, 2.24) is 0 Å². The average Bonchev–Trinajstić information content (AvgIpc) is 2.88. The fourth-order valence-electron chi connectivity index (χ4n) is 3.55. The summed E-state index contributed by atoms with van der Waals surface area (Å²) in [5.74, 6) is 0.0785. The van der Waals surface area contributed by atoms with Crippen LogP contribution in [0.1, 0.15) is 25.5 Å². The number of halogens is 1. The van der Waals surface area contributed by atoms with Crippen LogP contribution < -0.4 is 21.1 Å². The zero-order chi connectivity index (χ0) is 26.8. The van der Waals surface area contributed by atoms with Crippen molar-refractivity contribution in [3.63, 3.8) is 0 Å². The van der Waals surface area contributed by atoms with Gasteiger partial charge >= 0.3 is 6.09 Å². The maximum atomic E-state index is 12.9. The quantitative estimate of drug-likeness (QED) is 0.178. The van der Waals surface area contributed by atoms with E-state index in [1.807, 2.05) is 13.8 Å². The molecule has 0 aliphatic rings. The van der Waals surface area contributed by atoms with Gasteiger partial charge in [-0.1, -0.05) is 66.2 Å². The molecule has 0 bridgehead atoms. The van der Waals surface area contributed by atoms with E-state index in [-0.39, 0.29) is 19.1 Å². The topological polar surface area (TPSA) is 123 Å². The van der Waals surface area contributed by atoms with Gasteiger partial charge < -0.3 is 25.6 Å². The lowest BCUT2D eigenvalue weighted by Gasteiger charge is -2.32. The number of anilines is 3. The van der Waals surface area contributed by atoms with Gasteiger partial charge in [-0.25, -0.2) is 4.79 Å². The van der Waals surface area contributed by atoms with E-state index >= 15 is 0 Å². The molecule has 0 saturated heterocycles. The summed E-state index contributed by atoms with van der Waals surface area (Å²) in [5, 5.41) is 14.7. The molecule has 9 heteroatoms. The second-order valence-electron chi connectivity index (χ2n) is 8.76. The van der Waals surface area contributed by atoms with Crippen LogP contribution in [-0.2, 0) is 9.53 Å². The number of para-hydroxylation sites is 3. The highest BCUT2D eigenvalue weighted by Gasteiger charge is 2.34. The van der Waals surface area contributed by atoms with Crippen LogP contribution in [0, 0.1) is 5.41 Å². The summed E-state index contributed by atoms with van der Waals surface area (Å²) in [6.45, 7) is 3.59. The lowest BCUT2D eigenvalue weighted by Crippen LogP contribution is -2.28. The summed E-state index contributed by atoms with van der Waals surface area (Å²) in [6, 6.07) is 21.1. The Bertz CT molecular complexity index is 1240. The molecule has 0 heterocycles. The van der Waals surface area contributed by atoms with Gasteiger partial charge in [0.1, 0.15) is 18.5 Å². The molecular formula is C28H30BrN3O5. The number of rotatable bonds is 10. The standard InChI is InChI=1S/C28H30BrN3O5/c1-28(2,16-15-25(34)32-23-9-5-4-8-22(23)30)26(21-7-3-6-10-24(21)36-18-17-33)37-27(35)31-20-13-11-19(29)12-14-20/h3-16,26,33H,17-18,30H2,1-2H3,(H,31,35)(H,32,34)/b16-15+/t26-/m0/s1. The zero-order valence-electron chi connectivity index (χ0n) is 20.6. The van der Waals surface area contributed by atoms with Crippen LogP contribution in [0.3, 0.4) is 0 Å². The number of hydrogen-bond acceptors (Lipinski definition) is 6. The molecule has 0 aliphatic heterocycles. The molecule has 0 saturated carbocycles. The number of nitrogen functional groups attached to an aromatic ring is 1. The average molecular weight is 568 g/mol. The number of hydrogen-bond donors (Lipinski definition) is 4. The Balaban J connectivity index is 1.87. The van der Waals surface area contributed by atoms with Crippen molar-refractivity contribution < 1.29 is 24.2 Å². The Hall–Kier alpha value is -3.82. The monoisotopic (exact) mass is 567 g/mol. The van der Waals surface area contributed by atoms with E-state index in [1.54, 1.807) is 78.9 Å². The molecule has 0 radical (unpaired) electrons. The number of benzene rings is 3. The third-order valence-electron chi connectivity index (χ3n) is 5.42. The van der Waals surface area contributed by atoms with E-state index in [0.29, 0.717) is 28.4 Å². The number of amides is 2. The fraction of sp³-hybridized carbons (Fsp3) is 0.214. The van der Waals surface area contributed by atoms with Crippen molar-refractivity contribution in [2.45, 2.75) is 20.0 Å². The van der Waals surface area contributed by atoms with Gasteiger partial charge in [0.2, 0.25) is 5.91 Å². The second-order valence-corrected chi connectivity index (χ2v) is 9.67. The molecule has 0 aromatic heterocycles. The van der Waals surface area contributed by atoms with E-state index < -0.39 is 17.6 Å². The Morgan fingerprint density at radius 1 is 1.03 bits per heavy atom. The highest BCUT2D eigenvalue weighted by molar-refractivity contribution is 9.10. The molecule has 194 valence electrons. The highest BCUT2D eigenvalue weighted by Crippen LogP contribution is 2.42. The molecule has 0 aliphatic carbocycles. The molecule has 5 N–H and O–H groups in total. The van der Waals surface area contributed by atoms with Gasteiger partial charge in [-0.2, -0.15) is 0 Å². The van der Waals surface area contributed by atoms with Crippen LogP contribution in [0.25, 0.3) is 0 Å². The predicted octanol–water partition coefficient (Wildman–Crippen LogP) is 5.91. The summed E-state index contributed by atoms with van der Waals surface area (Å²) >= 11 is 3.37. The predicted molar refractivity (Wildman–Crippen MR) is 148 cm³/mol. The Kier molecular flexibility index (Phi) is 9.71. The van der Waals surface area contributed by atoms with E-state index in [9.17, 15) is 14.7 Å². The zero-order valence-corrected chi connectivity index (χ0v) is 22.2. The first-order valence-electron chi connectivity index (χ1n) is 11.6. The third-order valence-corrected chi connectivity index (χ3v) is 5.95. The largest absolute Gasteiger partial charge is 0.491 e. The molecule has 3 rings (SSSR count). The highest BCUT2D eigenvalue weighted by atomic mass is 79.9. The van der Waals surface area contributed by atoms with E-state index in [2.05, 4.69) is 26.6 Å². The first-order chi connectivity index (χ1) is 17.7. The van der Waals surface area contributed by atoms with Gasteiger partial charge in [0.15, 0.2) is 0 Å². The minimum atomic E-state index is -0.852. The molecule has 8 nitrogen and oxygen atoms in total. The van der Waals surface area contributed by atoms with Crippen molar-refractivity contribution in [2.75, 3.05) is 29.6 Å². The fourth-order valence-corrected chi connectivity index (χ4v) is 3.82. The van der Waals surface area contributed by atoms with Crippen LogP contribution in [-0.4, -0.2) is 30.3 Å².